The summed E-state index contributed by atoms with van der Waals surface area (Å²) in [6.45, 7) is 4.12. The molecule has 0 spiro atoms. The van der Waals surface area contributed by atoms with Crippen LogP contribution in [0.3, 0.4) is 0 Å². The van der Waals surface area contributed by atoms with E-state index in [1.807, 2.05) is 37.2 Å². The predicted molar refractivity (Wildman–Crippen MR) is 96.6 cm³/mol. The van der Waals surface area contributed by atoms with Crippen molar-refractivity contribution in [3.05, 3.63) is 60.7 Å². The Morgan fingerprint density at radius 1 is 1.08 bits per heavy atom. The molecule has 2 amide bonds. The second-order valence-electron chi connectivity index (χ2n) is 5.76. The molecule has 1 atom stereocenters. The van der Waals surface area contributed by atoms with Crippen molar-refractivity contribution in [2.45, 2.75) is 6.04 Å². The van der Waals surface area contributed by atoms with Crippen molar-refractivity contribution < 1.29 is 9.59 Å². The van der Waals surface area contributed by atoms with Crippen LogP contribution in [0.5, 0.6) is 0 Å². The number of likely N-dealkylation sites (N-methyl/N-ethyl adjacent to an activating group) is 1. The number of hydrogen-bond donors (Lipinski definition) is 2. The van der Waals surface area contributed by atoms with E-state index in [9.17, 15) is 9.59 Å². The highest BCUT2D eigenvalue weighted by molar-refractivity contribution is 6.35. The minimum absolute atomic E-state index is 0.0349. The zero-order valence-electron chi connectivity index (χ0n) is 14.1. The van der Waals surface area contributed by atoms with E-state index >= 15 is 0 Å². The second-order valence-corrected chi connectivity index (χ2v) is 5.76. The van der Waals surface area contributed by atoms with Crippen LogP contribution in [-0.2, 0) is 9.59 Å². The second kappa shape index (κ2) is 8.26. The SMILES string of the molecule is C=CCNC(=O)C(=O)NC[C@H](c1cccc2ccccc12)N(C)C. The van der Waals surface area contributed by atoms with E-state index in [4.69, 9.17) is 0 Å². The first-order valence-electron chi connectivity index (χ1n) is 7.85. The van der Waals surface area contributed by atoms with Gasteiger partial charge in [-0.05, 0) is 30.4 Å². The van der Waals surface area contributed by atoms with Crippen molar-refractivity contribution in [1.29, 1.82) is 0 Å². The Labute approximate surface area is 142 Å². The Morgan fingerprint density at radius 2 is 1.75 bits per heavy atom. The van der Waals surface area contributed by atoms with Crippen LogP contribution in [0.15, 0.2) is 55.1 Å². The Morgan fingerprint density at radius 3 is 2.46 bits per heavy atom. The Hall–Kier alpha value is -2.66. The number of fused-ring (bicyclic) bond motifs is 1. The summed E-state index contributed by atoms with van der Waals surface area (Å²) in [5, 5.41) is 7.47. The average molecular weight is 325 g/mol. The number of nitrogens with zero attached hydrogens (tertiary/aromatic N) is 1. The topological polar surface area (TPSA) is 61.4 Å². The number of hydrogen-bond acceptors (Lipinski definition) is 3. The minimum Gasteiger partial charge on any atom is -0.346 e. The standard InChI is InChI=1S/C19H23N3O2/c1-4-12-20-18(23)19(24)21-13-17(22(2)3)16-11-7-9-14-8-5-6-10-15(14)16/h4-11,17H,1,12-13H2,2-3H3,(H,20,23)(H,21,24)/t17-/m1/s1. The maximum Gasteiger partial charge on any atom is 0.309 e. The quantitative estimate of drug-likeness (QED) is 0.629. The molecule has 0 saturated heterocycles. The Balaban J connectivity index is 2.16. The average Bonchev–Trinajstić information content (AvgIpc) is 2.59. The van der Waals surface area contributed by atoms with Crippen LogP contribution in [-0.4, -0.2) is 43.9 Å². The summed E-state index contributed by atoms with van der Waals surface area (Å²) in [7, 11) is 3.91. The van der Waals surface area contributed by atoms with Crippen LogP contribution in [0.2, 0.25) is 0 Å². The molecular weight excluding hydrogens is 302 g/mol. The first kappa shape index (κ1) is 17.7. The van der Waals surface area contributed by atoms with E-state index in [1.54, 1.807) is 0 Å². The van der Waals surface area contributed by atoms with Gasteiger partial charge in [0.05, 0.1) is 6.04 Å². The summed E-state index contributed by atoms with van der Waals surface area (Å²) >= 11 is 0. The minimum atomic E-state index is -0.648. The molecule has 0 aliphatic heterocycles. The van der Waals surface area contributed by atoms with Gasteiger partial charge < -0.3 is 15.5 Å². The van der Waals surface area contributed by atoms with Gasteiger partial charge in [0, 0.05) is 13.1 Å². The summed E-state index contributed by atoms with van der Waals surface area (Å²) in [5.41, 5.74) is 1.12. The van der Waals surface area contributed by atoms with E-state index in [0.29, 0.717) is 6.54 Å². The molecule has 126 valence electrons. The molecule has 2 rings (SSSR count). The third-order valence-corrected chi connectivity index (χ3v) is 3.87. The van der Waals surface area contributed by atoms with Crippen molar-refractivity contribution in [3.63, 3.8) is 0 Å². The molecule has 24 heavy (non-hydrogen) atoms. The number of amides is 2. The number of rotatable bonds is 6. The maximum absolute atomic E-state index is 11.9. The number of nitrogens with one attached hydrogen (secondary N) is 2. The molecule has 2 aromatic rings. The maximum atomic E-state index is 11.9. The molecule has 0 fully saturated rings. The van der Waals surface area contributed by atoms with Crippen LogP contribution >= 0.6 is 0 Å². The van der Waals surface area contributed by atoms with Crippen molar-refractivity contribution in [3.8, 4) is 0 Å². The Kier molecular flexibility index (Phi) is 6.09. The van der Waals surface area contributed by atoms with E-state index in [2.05, 4.69) is 41.5 Å². The molecule has 0 bridgehead atoms. The highest BCUT2D eigenvalue weighted by Gasteiger charge is 2.19. The van der Waals surface area contributed by atoms with Gasteiger partial charge >= 0.3 is 11.8 Å². The molecule has 0 aliphatic rings. The van der Waals surface area contributed by atoms with Gasteiger partial charge in [-0.3, -0.25) is 9.59 Å². The van der Waals surface area contributed by atoms with Crippen LogP contribution in [0, 0.1) is 0 Å². The largest absolute Gasteiger partial charge is 0.346 e. The molecular formula is C19H23N3O2. The number of carbonyl (C=O) groups excluding carboxylic acids is 2. The van der Waals surface area contributed by atoms with Gasteiger partial charge in [-0.2, -0.15) is 0 Å². The molecule has 0 saturated carbocycles. The van der Waals surface area contributed by atoms with Crippen molar-refractivity contribution >= 4 is 22.6 Å². The molecule has 2 N–H and O–H groups in total. The van der Waals surface area contributed by atoms with Crippen LogP contribution in [0.25, 0.3) is 10.8 Å². The third-order valence-electron chi connectivity index (χ3n) is 3.87. The normalized spacial score (nSPS) is 12.0. The van der Waals surface area contributed by atoms with Gasteiger partial charge in [0.25, 0.3) is 0 Å². The lowest BCUT2D eigenvalue weighted by atomic mass is 9.98. The third kappa shape index (κ3) is 4.20. The van der Waals surface area contributed by atoms with Crippen LogP contribution in [0.1, 0.15) is 11.6 Å². The van der Waals surface area contributed by atoms with Crippen LogP contribution in [0.4, 0.5) is 0 Å². The lowest BCUT2D eigenvalue weighted by Gasteiger charge is -2.26. The zero-order chi connectivity index (χ0) is 17.5. The van der Waals surface area contributed by atoms with Gasteiger partial charge in [-0.15, -0.1) is 6.58 Å². The molecule has 0 aliphatic carbocycles. The molecule has 5 heteroatoms. The van der Waals surface area contributed by atoms with Gasteiger partial charge in [0.15, 0.2) is 0 Å². The molecule has 0 aromatic heterocycles. The number of carbonyl (C=O) groups is 2. The molecule has 5 nitrogen and oxygen atoms in total. The zero-order valence-corrected chi connectivity index (χ0v) is 14.1. The van der Waals surface area contributed by atoms with Crippen molar-refractivity contribution in [2.75, 3.05) is 27.2 Å². The smallest absolute Gasteiger partial charge is 0.309 e. The van der Waals surface area contributed by atoms with Crippen molar-refractivity contribution in [2.24, 2.45) is 0 Å². The molecule has 0 unspecified atom stereocenters. The summed E-state index contributed by atoms with van der Waals surface area (Å²) in [6, 6.07) is 14.2. The lowest BCUT2D eigenvalue weighted by Crippen LogP contribution is -2.43. The molecule has 0 radical (unpaired) electrons. The summed E-state index contributed by atoms with van der Waals surface area (Å²) < 4.78 is 0. The van der Waals surface area contributed by atoms with Gasteiger partial charge in [0.1, 0.15) is 0 Å². The lowest BCUT2D eigenvalue weighted by molar-refractivity contribution is -0.139. The summed E-state index contributed by atoms with van der Waals surface area (Å²) in [6.07, 6.45) is 1.53. The fraction of sp³-hybridized carbons (Fsp3) is 0.263. The fourth-order valence-corrected chi connectivity index (χ4v) is 2.63. The van der Waals surface area contributed by atoms with E-state index in [0.717, 1.165) is 16.3 Å². The molecule has 0 heterocycles. The first-order chi connectivity index (χ1) is 11.5. The first-order valence-corrected chi connectivity index (χ1v) is 7.85. The van der Waals surface area contributed by atoms with E-state index < -0.39 is 11.8 Å². The monoisotopic (exact) mass is 325 g/mol. The summed E-state index contributed by atoms with van der Waals surface area (Å²) in [5.74, 6) is -1.28. The van der Waals surface area contributed by atoms with E-state index in [-0.39, 0.29) is 12.6 Å². The van der Waals surface area contributed by atoms with Gasteiger partial charge in [-0.1, -0.05) is 48.5 Å². The van der Waals surface area contributed by atoms with Gasteiger partial charge in [-0.25, -0.2) is 0 Å². The van der Waals surface area contributed by atoms with E-state index in [1.165, 1.54) is 6.08 Å². The highest BCUT2D eigenvalue weighted by atomic mass is 16.2. The molecule has 2 aromatic carbocycles. The summed E-state index contributed by atoms with van der Waals surface area (Å²) in [4.78, 5) is 25.6. The van der Waals surface area contributed by atoms with Gasteiger partial charge in [0.2, 0.25) is 0 Å². The Bertz CT molecular complexity index is 735. The van der Waals surface area contributed by atoms with Crippen LogP contribution < -0.4 is 10.6 Å². The van der Waals surface area contributed by atoms with Crippen molar-refractivity contribution in [1.82, 2.24) is 15.5 Å². The highest BCUT2D eigenvalue weighted by Crippen LogP contribution is 2.26. The predicted octanol–water partition coefficient (Wildman–Crippen LogP) is 1.86. The number of benzene rings is 2. The fourth-order valence-electron chi connectivity index (χ4n) is 2.63.